The smallest absolute Gasteiger partial charge is 0.323 e. The summed E-state index contributed by atoms with van der Waals surface area (Å²) < 4.78 is 15.8. The molecule has 1 aromatic carbocycles. The summed E-state index contributed by atoms with van der Waals surface area (Å²) in [6, 6.07) is 6.16. The molecular formula is C17H23N3O4. The van der Waals surface area contributed by atoms with Gasteiger partial charge in [0.25, 0.3) is 0 Å². The Morgan fingerprint density at radius 2 is 2.25 bits per heavy atom. The van der Waals surface area contributed by atoms with Crippen LogP contribution in [0, 0.1) is 5.92 Å². The van der Waals surface area contributed by atoms with Crippen LogP contribution in [0.15, 0.2) is 18.2 Å². The van der Waals surface area contributed by atoms with Crippen LogP contribution in [0.2, 0.25) is 0 Å². The zero-order valence-electron chi connectivity index (χ0n) is 13.8. The van der Waals surface area contributed by atoms with Gasteiger partial charge in [0.15, 0.2) is 11.5 Å². The maximum Gasteiger partial charge on any atom is 0.323 e. The van der Waals surface area contributed by atoms with Crippen molar-refractivity contribution in [3.63, 3.8) is 0 Å². The Labute approximate surface area is 141 Å². The van der Waals surface area contributed by atoms with Crippen LogP contribution < -0.4 is 20.3 Å². The van der Waals surface area contributed by atoms with Crippen LogP contribution in [0.5, 0.6) is 11.5 Å². The van der Waals surface area contributed by atoms with Gasteiger partial charge in [-0.2, -0.15) is 0 Å². The molecule has 7 nitrogen and oxygen atoms in total. The van der Waals surface area contributed by atoms with Gasteiger partial charge < -0.3 is 14.2 Å². The molecule has 0 spiro atoms. The van der Waals surface area contributed by atoms with Crippen molar-refractivity contribution in [2.24, 2.45) is 5.92 Å². The summed E-state index contributed by atoms with van der Waals surface area (Å²) in [4.78, 5) is 14.2. The van der Waals surface area contributed by atoms with Gasteiger partial charge in [-0.25, -0.2) is 5.43 Å². The monoisotopic (exact) mass is 333 g/mol. The number of hydrazine groups is 1. The first kappa shape index (κ1) is 15.7. The summed E-state index contributed by atoms with van der Waals surface area (Å²) in [7, 11) is 1.47. The number of fused-ring (bicyclic) bond motifs is 1. The van der Waals surface area contributed by atoms with Gasteiger partial charge in [-0.1, -0.05) is 6.07 Å². The summed E-state index contributed by atoms with van der Waals surface area (Å²) in [5.74, 6) is 1.85. The van der Waals surface area contributed by atoms with E-state index < -0.39 is 0 Å². The second-order valence-corrected chi connectivity index (χ2v) is 6.55. The molecule has 0 amide bonds. The molecule has 2 saturated heterocycles. The zero-order valence-corrected chi connectivity index (χ0v) is 13.8. The van der Waals surface area contributed by atoms with Crippen LogP contribution in [-0.2, 0) is 9.53 Å². The highest BCUT2D eigenvalue weighted by Gasteiger charge is 2.37. The third-order valence-corrected chi connectivity index (χ3v) is 5.15. The third kappa shape index (κ3) is 2.83. The molecule has 130 valence electrons. The quantitative estimate of drug-likeness (QED) is 0.790. The average Bonchev–Trinajstić information content (AvgIpc) is 3.34. The van der Waals surface area contributed by atoms with Crippen molar-refractivity contribution >= 4 is 5.97 Å². The molecule has 0 saturated carbocycles. The van der Waals surface area contributed by atoms with Crippen LogP contribution in [0.1, 0.15) is 24.4 Å². The highest BCUT2D eigenvalue weighted by molar-refractivity contribution is 5.75. The molecule has 0 radical (unpaired) electrons. The number of nitrogens with zero attached hydrogens (tertiary/aromatic N) is 1. The molecule has 2 N–H and O–H groups in total. The third-order valence-electron chi connectivity index (χ3n) is 5.15. The van der Waals surface area contributed by atoms with Gasteiger partial charge in [-0.3, -0.25) is 15.1 Å². The van der Waals surface area contributed by atoms with Crippen molar-refractivity contribution in [2.75, 3.05) is 33.5 Å². The lowest BCUT2D eigenvalue weighted by atomic mass is 9.94. The standard InChI is InChI=1S/C17H23N3O4/c1-22-17(21)13-3-2-6-20(13)9-12-8-18-19-16(12)11-4-5-14-15(7-11)24-10-23-14/h4-5,7,12-13,16,18-19H,2-3,6,8-10H2,1H3/t12?,13-,16?/m0/s1. The van der Waals surface area contributed by atoms with E-state index in [1.807, 2.05) is 12.1 Å². The fraction of sp³-hybridized carbons (Fsp3) is 0.588. The SMILES string of the molecule is COC(=O)[C@@H]1CCCN1CC1CNNC1c1ccc2c(c1)OCO2. The molecule has 0 bridgehead atoms. The largest absolute Gasteiger partial charge is 0.468 e. The molecule has 0 aromatic heterocycles. The Kier molecular flexibility index (Phi) is 4.30. The van der Waals surface area contributed by atoms with Gasteiger partial charge in [0.05, 0.1) is 13.2 Å². The Morgan fingerprint density at radius 3 is 3.12 bits per heavy atom. The van der Waals surface area contributed by atoms with E-state index in [1.54, 1.807) is 0 Å². The second kappa shape index (κ2) is 6.58. The van der Waals surface area contributed by atoms with Crippen LogP contribution in [-0.4, -0.2) is 50.4 Å². The minimum atomic E-state index is -0.119. The predicted octanol–water partition coefficient (Wildman–Crippen LogP) is 0.818. The summed E-state index contributed by atoms with van der Waals surface area (Å²) in [6.45, 7) is 2.96. The number of nitrogens with one attached hydrogen (secondary N) is 2. The summed E-state index contributed by atoms with van der Waals surface area (Å²) in [6.07, 6.45) is 1.93. The van der Waals surface area contributed by atoms with E-state index in [2.05, 4.69) is 21.8 Å². The average molecular weight is 333 g/mol. The number of ether oxygens (including phenoxy) is 3. The molecule has 0 aliphatic carbocycles. The molecule has 7 heteroatoms. The molecule has 4 rings (SSSR count). The molecule has 3 heterocycles. The Bertz CT molecular complexity index is 624. The van der Waals surface area contributed by atoms with E-state index in [4.69, 9.17) is 14.2 Å². The van der Waals surface area contributed by atoms with Gasteiger partial charge in [0.2, 0.25) is 6.79 Å². The van der Waals surface area contributed by atoms with Crippen molar-refractivity contribution in [1.82, 2.24) is 15.8 Å². The minimum absolute atomic E-state index is 0.104. The number of hydrogen-bond donors (Lipinski definition) is 2. The van der Waals surface area contributed by atoms with E-state index in [0.29, 0.717) is 5.92 Å². The second-order valence-electron chi connectivity index (χ2n) is 6.55. The maximum atomic E-state index is 12.0. The summed E-state index contributed by atoms with van der Waals surface area (Å²) in [5.41, 5.74) is 7.78. The number of benzene rings is 1. The number of carbonyl (C=O) groups is 1. The Morgan fingerprint density at radius 1 is 1.38 bits per heavy atom. The number of hydrogen-bond acceptors (Lipinski definition) is 7. The predicted molar refractivity (Wildman–Crippen MR) is 86.5 cm³/mol. The first-order chi connectivity index (χ1) is 11.8. The normalized spacial score (nSPS) is 29.1. The van der Waals surface area contributed by atoms with E-state index in [-0.39, 0.29) is 24.8 Å². The lowest BCUT2D eigenvalue weighted by Gasteiger charge is -2.28. The van der Waals surface area contributed by atoms with Crippen molar-refractivity contribution in [1.29, 1.82) is 0 Å². The lowest BCUT2D eigenvalue weighted by molar-refractivity contribution is -0.146. The molecular weight excluding hydrogens is 310 g/mol. The fourth-order valence-corrected chi connectivity index (χ4v) is 3.92. The maximum absolute atomic E-state index is 12.0. The molecule has 3 atom stereocenters. The topological polar surface area (TPSA) is 72.1 Å². The summed E-state index contributed by atoms with van der Waals surface area (Å²) in [5, 5.41) is 0. The minimum Gasteiger partial charge on any atom is -0.468 e. The van der Waals surface area contributed by atoms with Gasteiger partial charge >= 0.3 is 5.97 Å². The lowest BCUT2D eigenvalue weighted by Crippen LogP contribution is -2.41. The fourth-order valence-electron chi connectivity index (χ4n) is 3.92. The number of carbonyl (C=O) groups excluding carboxylic acids is 1. The van der Waals surface area contributed by atoms with Gasteiger partial charge in [0, 0.05) is 19.0 Å². The number of esters is 1. The molecule has 2 fully saturated rings. The first-order valence-electron chi connectivity index (χ1n) is 8.46. The van der Waals surface area contributed by atoms with Crippen molar-refractivity contribution in [3.8, 4) is 11.5 Å². The van der Waals surface area contributed by atoms with E-state index in [9.17, 15) is 4.79 Å². The Hall–Kier alpha value is -1.83. The van der Waals surface area contributed by atoms with Gasteiger partial charge in [0.1, 0.15) is 6.04 Å². The van der Waals surface area contributed by atoms with Crippen molar-refractivity contribution in [2.45, 2.75) is 24.9 Å². The first-order valence-corrected chi connectivity index (χ1v) is 8.46. The van der Waals surface area contributed by atoms with Crippen molar-refractivity contribution in [3.05, 3.63) is 23.8 Å². The number of rotatable bonds is 4. The molecule has 1 aromatic rings. The van der Waals surface area contributed by atoms with Crippen LogP contribution in [0.25, 0.3) is 0 Å². The van der Waals surface area contributed by atoms with E-state index in [0.717, 1.165) is 44.0 Å². The Balaban J connectivity index is 1.48. The highest BCUT2D eigenvalue weighted by Crippen LogP contribution is 2.37. The van der Waals surface area contributed by atoms with E-state index >= 15 is 0 Å². The highest BCUT2D eigenvalue weighted by atomic mass is 16.7. The molecule has 3 aliphatic heterocycles. The van der Waals surface area contributed by atoms with Crippen LogP contribution in [0.3, 0.4) is 0 Å². The van der Waals surface area contributed by atoms with Gasteiger partial charge in [-0.05, 0) is 37.1 Å². The van der Waals surface area contributed by atoms with Gasteiger partial charge in [-0.15, -0.1) is 0 Å². The van der Waals surface area contributed by atoms with E-state index in [1.165, 1.54) is 12.7 Å². The number of likely N-dealkylation sites (tertiary alicyclic amines) is 1. The van der Waals surface area contributed by atoms with Crippen LogP contribution in [0.4, 0.5) is 0 Å². The molecule has 24 heavy (non-hydrogen) atoms. The van der Waals surface area contributed by atoms with Crippen LogP contribution >= 0.6 is 0 Å². The zero-order chi connectivity index (χ0) is 16.5. The molecule has 3 aliphatic rings. The summed E-state index contributed by atoms with van der Waals surface area (Å²) >= 11 is 0. The van der Waals surface area contributed by atoms with Crippen molar-refractivity contribution < 1.29 is 19.0 Å². The molecule has 2 unspecified atom stereocenters. The number of methoxy groups -OCH3 is 1.